The van der Waals surface area contributed by atoms with Crippen molar-refractivity contribution in [3.63, 3.8) is 0 Å². The second kappa shape index (κ2) is 3.74. The number of rotatable bonds is 1. The molecule has 0 aliphatic heterocycles. The van der Waals surface area contributed by atoms with E-state index in [9.17, 15) is 0 Å². The zero-order valence-electron chi connectivity index (χ0n) is 8.67. The van der Waals surface area contributed by atoms with Crippen LogP contribution in [0.25, 0.3) is 22.2 Å². The molecule has 0 fully saturated rings. The molecule has 0 N–H and O–H groups in total. The first-order chi connectivity index (χ1) is 7.93. The van der Waals surface area contributed by atoms with Gasteiger partial charge in [0.1, 0.15) is 0 Å². The van der Waals surface area contributed by atoms with Crippen molar-refractivity contribution < 1.29 is 0 Å². The highest BCUT2D eigenvalue weighted by molar-refractivity contribution is 5.80. The van der Waals surface area contributed by atoms with E-state index in [1.54, 1.807) is 12.4 Å². The first-order valence-corrected chi connectivity index (χ1v) is 5.20. The van der Waals surface area contributed by atoms with Crippen LogP contribution in [0.15, 0.2) is 60.9 Å². The zero-order valence-corrected chi connectivity index (χ0v) is 8.67. The summed E-state index contributed by atoms with van der Waals surface area (Å²) < 4.78 is 0. The lowest BCUT2D eigenvalue weighted by atomic mass is 10.1. The molecule has 0 atom stereocenters. The Bertz CT molecular complexity index is 618. The van der Waals surface area contributed by atoms with Gasteiger partial charge in [0.25, 0.3) is 0 Å². The van der Waals surface area contributed by atoms with Crippen molar-refractivity contribution in [2.75, 3.05) is 0 Å². The molecule has 2 nitrogen and oxygen atoms in total. The van der Waals surface area contributed by atoms with Crippen LogP contribution in [-0.2, 0) is 0 Å². The van der Waals surface area contributed by atoms with Crippen LogP contribution in [0.1, 0.15) is 0 Å². The van der Waals surface area contributed by atoms with Gasteiger partial charge in [-0.1, -0.05) is 36.4 Å². The van der Waals surface area contributed by atoms with E-state index in [2.05, 4.69) is 28.2 Å². The van der Waals surface area contributed by atoms with Crippen molar-refractivity contribution in [3.05, 3.63) is 60.9 Å². The summed E-state index contributed by atoms with van der Waals surface area (Å²) in [6.45, 7) is 0. The van der Waals surface area contributed by atoms with Crippen molar-refractivity contribution >= 4 is 10.9 Å². The average molecular weight is 206 g/mol. The molecule has 0 spiro atoms. The maximum Gasteiger partial charge on any atom is 0.0892 e. The Morgan fingerprint density at radius 1 is 0.812 bits per heavy atom. The van der Waals surface area contributed by atoms with E-state index in [0.29, 0.717) is 0 Å². The number of fused-ring (bicyclic) bond motifs is 1. The van der Waals surface area contributed by atoms with Gasteiger partial charge in [-0.2, -0.15) is 0 Å². The predicted octanol–water partition coefficient (Wildman–Crippen LogP) is 3.30. The third-order valence-electron chi connectivity index (χ3n) is 2.56. The number of nitrogens with zero attached hydrogens (tertiary/aromatic N) is 2. The van der Waals surface area contributed by atoms with Gasteiger partial charge in [-0.05, 0) is 12.1 Å². The highest BCUT2D eigenvalue weighted by Gasteiger charge is 1.99. The van der Waals surface area contributed by atoms with Crippen molar-refractivity contribution in [1.82, 2.24) is 9.97 Å². The third kappa shape index (κ3) is 1.54. The maximum atomic E-state index is 4.58. The van der Waals surface area contributed by atoms with Crippen molar-refractivity contribution in [1.29, 1.82) is 0 Å². The molecule has 0 unspecified atom stereocenters. The molecule has 2 aromatic heterocycles. The van der Waals surface area contributed by atoms with Gasteiger partial charge in [-0.15, -0.1) is 0 Å². The Kier molecular flexibility index (Phi) is 2.11. The van der Waals surface area contributed by atoms with Crippen LogP contribution in [-0.4, -0.2) is 9.97 Å². The van der Waals surface area contributed by atoms with Gasteiger partial charge in [-0.3, -0.25) is 4.98 Å². The minimum Gasteiger partial charge on any atom is -0.262 e. The summed E-state index contributed by atoms with van der Waals surface area (Å²) in [7, 11) is 0. The quantitative estimate of drug-likeness (QED) is 0.610. The molecule has 0 bridgehead atoms. The Morgan fingerprint density at radius 2 is 1.69 bits per heavy atom. The summed E-state index contributed by atoms with van der Waals surface area (Å²) in [5.41, 5.74) is 3.05. The Hall–Kier alpha value is -2.22. The topological polar surface area (TPSA) is 25.8 Å². The molecule has 3 aromatic rings. The molecule has 76 valence electrons. The molecule has 0 saturated heterocycles. The Balaban J connectivity index is 2.19. The molecule has 0 saturated carbocycles. The Labute approximate surface area is 93.6 Å². The summed E-state index contributed by atoms with van der Waals surface area (Å²) >= 11 is 0. The van der Waals surface area contributed by atoms with Crippen LogP contribution in [0.3, 0.4) is 0 Å². The number of hydrogen-bond donors (Lipinski definition) is 0. The van der Waals surface area contributed by atoms with E-state index in [0.717, 1.165) is 22.2 Å². The van der Waals surface area contributed by atoms with Crippen LogP contribution in [0.2, 0.25) is 0 Å². The van der Waals surface area contributed by atoms with Gasteiger partial charge in [0.05, 0.1) is 17.4 Å². The highest BCUT2D eigenvalue weighted by Crippen LogP contribution is 2.19. The lowest BCUT2D eigenvalue weighted by molar-refractivity contribution is 1.31. The van der Waals surface area contributed by atoms with E-state index in [4.69, 9.17) is 0 Å². The van der Waals surface area contributed by atoms with E-state index >= 15 is 0 Å². The molecule has 2 heteroatoms. The van der Waals surface area contributed by atoms with E-state index in [1.165, 1.54) is 0 Å². The highest BCUT2D eigenvalue weighted by atomic mass is 14.7. The number of benzene rings is 1. The van der Waals surface area contributed by atoms with Crippen LogP contribution in [0, 0.1) is 0 Å². The third-order valence-corrected chi connectivity index (χ3v) is 2.56. The fourth-order valence-electron chi connectivity index (χ4n) is 1.74. The second-order valence-corrected chi connectivity index (χ2v) is 3.63. The fourth-order valence-corrected chi connectivity index (χ4v) is 1.74. The maximum absolute atomic E-state index is 4.58. The second-order valence-electron chi connectivity index (χ2n) is 3.63. The number of aromatic nitrogens is 2. The SMILES string of the molecule is c1ccc(-c2ccc3ccncc3n2)cc1. The van der Waals surface area contributed by atoms with Gasteiger partial charge < -0.3 is 0 Å². The van der Waals surface area contributed by atoms with Crippen molar-refractivity contribution in [3.8, 4) is 11.3 Å². The van der Waals surface area contributed by atoms with E-state index in [-0.39, 0.29) is 0 Å². The minimum absolute atomic E-state index is 0.934. The molecule has 0 radical (unpaired) electrons. The van der Waals surface area contributed by atoms with Crippen LogP contribution >= 0.6 is 0 Å². The van der Waals surface area contributed by atoms with Crippen LogP contribution in [0.4, 0.5) is 0 Å². The molecule has 1 aromatic carbocycles. The normalized spacial score (nSPS) is 10.5. The molecule has 0 amide bonds. The number of hydrogen-bond acceptors (Lipinski definition) is 2. The van der Waals surface area contributed by atoms with Crippen LogP contribution in [0.5, 0.6) is 0 Å². The summed E-state index contributed by atoms with van der Waals surface area (Å²) in [6, 6.07) is 16.2. The summed E-state index contributed by atoms with van der Waals surface area (Å²) in [5.74, 6) is 0. The summed E-state index contributed by atoms with van der Waals surface area (Å²) in [6.07, 6.45) is 3.58. The number of pyridine rings is 2. The van der Waals surface area contributed by atoms with Crippen molar-refractivity contribution in [2.24, 2.45) is 0 Å². The molecule has 0 aliphatic rings. The van der Waals surface area contributed by atoms with Crippen LogP contribution < -0.4 is 0 Å². The van der Waals surface area contributed by atoms with Gasteiger partial charge in [0.2, 0.25) is 0 Å². The predicted molar refractivity (Wildman–Crippen MR) is 65.0 cm³/mol. The average Bonchev–Trinajstić information content (AvgIpc) is 2.39. The lowest BCUT2D eigenvalue weighted by Crippen LogP contribution is -1.85. The fraction of sp³-hybridized carbons (Fsp3) is 0. The largest absolute Gasteiger partial charge is 0.262 e. The molecule has 2 heterocycles. The summed E-state index contributed by atoms with van der Waals surface area (Å²) in [4.78, 5) is 8.67. The van der Waals surface area contributed by atoms with Gasteiger partial charge in [0.15, 0.2) is 0 Å². The molecular weight excluding hydrogens is 196 g/mol. The minimum atomic E-state index is 0.934. The summed E-state index contributed by atoms with van der Waals surface area (Å²) in [5, 5.41) is 1.12. The van der Waals surface area contributed by atoms with Gasteiger partial charge >= 0.3 is 0 Å². The zero-order chi connectivity index (χ0) is 10.8. The first-order valence-electron chi connectivity index (χ1n) is 5.20. The molecule has 16 heavy (non-hydrogen) atoms. The van der Waals surface area contributed by atoms with E-state index < -0.39 is 0 Å². The molecular formula is C14H10N2. The van der Waals surface area contributed by atoms with Gasteiger partial charge in [-0.25, -0.2) is 4.98 Å². The van der Waals surface area contributed by atoms with Gasteiger partial charge in [0, 0.05) is 17.1 Å². The van der Waals surface area contributed by atoms with Crippen molar-refractivity contribution in [2.45, 2.75) is 0 Å². The van der Waals surface area contributed by atoms with E-state index in [1.807, 2.05) is 30.3 Å². The smallest absolute Gasteiger partial charge is 0.0892 e. The monoisotopic (exact) mass is 206 g/mol. The molecule has 3 rings (SSSR count). The Morgan fingerprint density at radius 3 is 2.56 bits per heavy atom. The standard InChI is InChI=1S/C14H10N2/c1-2-4-11(5-3-1)13-7-6-12-8-9-15-10-14(12)16-13/h1-10H. The first kappa shape index (κ1) is 9.04. The lowest BCUT2D eigenvalue weighted by Gasteiger charge is -2.02. The molecule has 0 aliphatic carbocycles.